The Morgan fingerprint density at radius 1 is 1.26 bits per heavy atom. The van der Waals surface area contributed by atoms with Gasteiger partial charge < -0.3 is 10.5 Å². The van der Waals surface area contributed by atoms with E-state index in [2.05, 4.69) is 9.97 Å². The molecule has 0 spiro atoms. The van der Waals surface area contributed by atoms with Gasteiger partial charge in [-0.25, -0.2) is 4.98 Å². The summed E-state index contributed by atoms with van der Waals surface area (Å²) in [5, 5.41) is 0.538. The monoisotopic (exact) mass is 277 g/mol. The van der Waals surface area contributed by atoms with E-state index in [1.54, 1.807) is 31.2 Å². The largest absolute Gasteiger partial charge is 0.437 e. The van der Waals surface area contributed by atoms with Gasteiger partial charge in [-0.3, -0.25) is 9.78 Å². The molecule has 0 fully saturated rings. The number of carbonyl (C=O) groups excluding carboxylic acids is 1. The van der Waals surface area contributed by atoms with E-state index in [4.69, 9.17) is 22.1 Å². The van der Waals surface area contributed by atoms with E-state index < -0.39 is 11.8 Å². The maximum absolute atomic E-state index is 11.0. The summed E-state index contributed by atoms with van der Waals surface area (Å²) in [6, 6.07) is 6.74. The summed E-state index contributed by atoms with van der Waals surface area (Å²) in [6.07, 6.45) is 3.01. The van der Waals surface area contributed by atoms with Gasteiger partial charge in [0.25, 0.3) is 0 Å². The quantitative estimate of drug-likeness (QED) is 0.931. The van der Waals surface area contributed by atoms with Crippen molar-refractivity contribution >= 4 is 17.5 Å². The zero-order valence-corrected chi connectivity index (χ0v) is 11.0. The predicted octanol–water partition coefficient (Wildman–Crippen LogP) is 2.51. The minimum Gasteiger partial charge on any atom is -0.437 e. The van der Waals surface area contributed by atoms with Crippen molar-refractivity contribution in [1.29, 1.82) is 0 Å². The Hall–Kier alpha value is -2.14. The molecule has 2 aromatic rings. The lowest BCUT2D eigenvalue weighted by Crippen LogP contribution is -2.19. The number of hydrogen-bond acceptors (Lipinski definition) is 4. The van der Waals surface area contributed by atoms with E-state index >= 15 is 0 Å². The zero-order chi connectivity index (χ0) is 13.8. The molecule has 0 aliphatic carbocycles. The molecule has 2 aromatic heterocycles. The Morgan fingerprint density at radius 2 is 2.05 bits per heavy atom. The highest BCUT2D eigenvalue weighted by atomic mass is 35.5. The minimum atomic E-state index is -0.428. The standard InChI is InChI=1S/C13H12ClN3O2/c1-8(13(15)18)11-4-3-10(7-16-11)19-12-5-2-9(14)6-17-12/h2-8H,1H3,(H2,15,18). The van der Waals surface area contributed by atoms with Crippen molar-refractivity contribution in [3.8, 4) is 11.6 Å². The maximum atomic E-state index is 11.0. The molecule has 2 heterocycles. The average molecular weight is 278 g/mol. The number of hydrogen-bond donors (Lipinski definition) is 1. The van der Waals surface area contributed by atoms with Crippen molar-refractivity contribution in [3.05, 3.63) is 47.4 Å². The van der Waals surface area contributed by atoms with E-state index in [0.29, 0.717) is 22.3 Å². The number of carbonyl (C=O) groups is 1. The summed E-state index contributed by atoms with van der Waals surface area (Å²) >= 11 is 5.73. The van der Waals surface area contributed by atoms with E-state index in [1.165, 1.54) is 12.4 Å². The highest BCUT2D eigenvalue weighted by Crippen LogP contribution is 2.21. The number of rotatable bonds is 4. The molecule has 1 amide bonds. The van der Waals surface area contributed by atoms with E-state index in [1.807, 2.05) is 0 Å². The molecule has 0 radical (unpaired) electrons. The third kappa shape index (κ3) is 3.42. The third-order valence-corrected chi connectivity index (χ3v) is 2.78. The SMILES string of the molecule is CC(C(N)=O)c1ccc(Oc2ccc(Cl)cn2)cn1. The minimum absolute atomic E-state index is 0.416. The Morgan fingerprint density at radius 3 is 2.58 bits per heavy atom. The van der Waals surface area contributed by atoms with E-state index in [-0.39, 0.29) is 0 Å². The molecule has 2 rings (SSSR count). The van der Waals surface area contributed by atoms with Crippen LogP contribution in [0.15, 0.2) is 36.7 Å². The molecular formula is C13H12ClN3O2. The van der Waals surface area contributed by atoms with Crippen LogP contribution in [0.2, 0.25) is 5.02 Å². The second kappa shape index (κ2) is 5.67. The van der Waals surface area contributed by atoms with E-state index in [0.717, 1.165) is 0 Å². The van der Waals surface area contributed by atoms with Crippen LogP contribution in [0.5, 0.6) is 11.6 Å². The smallest absolute Gasteiger partial charge is 0.226 e. The summed E-state index contributed by atoms with van der Waals surface area (Å²) in [6.45, 7) is 1.70. The number of nitrogens with zero attached hydrogens (tertiary/aromatic N) is 2. The molecule has 0 aliphatic rings. The molecule has 5 nitrogen and oxygen atoms in total. The van der Waals surface area contributed by atoms with Crippen LogP contribution in [0, 0.1) is 0 Å². The molecule has 2 N–H and O–H groups in total. The first-order chi connectivity index (χ1) is 9.06. The van der Waals surface area contributed by atoms with Crippen LogP contribution in [0.3, 0.4) is 0 Å². The second-order valence-electron chi connectivity index (χ2n) is 3.96. The number of ether oxygens (including phenoxy) is 1. The van der Waals surface area contributed by atoms with Gasteiger partial charge in [-0.15, -0.1) is 0 Å². The normalized spacial score (nSPS) is 11.9. The summed E-state index contributed by atoms with van der Waals surface area (Å²) in [5.74, 6) is 0.0976. The zero-order valence-electron chi connectivity index (χ0n) is 10.2. The molecule has 98 valence electrons. The van der Waals surface area contributed by atoms with Crippen molar-refractivity contribution in [2.75, 3.05) is 0 Å². The van der Waals surface area contributed by atoms with Gasteiger partial charge in [0, 0.05) is 12.3 Å². The summed E-state index contributed by atoms with van der Waals surface area (Å²) in [7, 11) is 0. The molecule has 6 heteroatoms. The second-order valence-corrected chi connectivity index (χ2v) is 4.40. The average Bonchev–Trinajstić information content (AvgIpc) is 2.41. The van der Waals surface area contributed by atoms with Crippen LogP contribution >= 0.6 is 11.6 Å². The summed E-state index contributed by atoms with van der Waals surface area (Å²) in [5.41, 5.74) is 5.81. The Labute approximate surface area is 115 Å². The summed E-state index contributed by atoms with van der Waals surface area (Å²) in [4.78, 5) is 19.2. The Bertz CT molecular complexity index is 569. The highest BCUT2D eigenvalue weighted by Gasteiger charge is 2.12. The van der Waals surface area contributed by atoms with Crippen molar-refractivity contribution in [1.82, 2.24) is 9.97 Å². The lowest BCUT2D eigenvalue weighted by Gasteiger charge is -2.08. The van der Waals surface area contributed by atoms with Crippen LogP contribution in [-0.2, 0) is 4.79 Å². The van der Waals surface area contributed by atoms with Gasteiger partial charge in [0.2, 0.25) is 11.8 Å². The lowest BCUT2D eigenvalue weighted by molar-refractivity contribution is -0.119. The topological polar surface area (TPSA) is 78.1 Å². The van der Waals surface area contributed by atoms with E-state index in [9.17, 15) is 4.79 Å². The van der Waals surface area contributed by atoms with Gasteiger partial charge >= 0.3 is 0 Å². The molecule has 0 saturated heterocycles. The number of amides is 1. The number of pyridine rings is 2. The Balaban J connectivity index is 2.10. The molecule has 0 aromatic carbocycles. The van der Waals surface area contributed by atoms with Gasteiger partial charge in [-0.2, -0.15) is 0 Å². The number of nitrogens with two attached hydrogens (primary N) is 1. The van der Waals surface area contributed by atoms with Crippen molar-refractivity contribution in [3.63, 3.8) is 0 Å². The predicted molar refractivity (Wildman–Crippen MR) is 71.2 cm³/mol. The van der Waals surface area contributed by atoms with Crippen LogP contribution in [0.4, 0.5) is 0 Å². The van der Waals surface area contributed by atoms with Crippen LogP contribution in [0.25, 0.3) is 0 Å². The summed E-state index contributed by atoms with van der Waals surface area (Å²) < 4.78 is 5.48. The van der Waals surface area contributed by atoms with Crippen LogP contribution in [0.1, 0.15) is 18.5 Å². The van der Waals surface area contributed by atoms with Crippen LogP contribution < -0.4 is 10.5 Å². The van der Waals surface area contributed by atoms with Gasteiger partial charge in [-0.05, 0) is 25.1 Å². The molecule has 0 bridgehead atoms. The number of halogens is 1. The first-order valence-electron chi connectivity index (χ1n) is 5.61. The number of primary amides is 1. The van der Waals surface area contributed by atoms with Gasteiger partial charge in [0.15, 0.2) is 0 Å². The van der Waals surface area contributed by atoms with Gasteiger partial charge in [0.05, 0.1) is 22.8 Å². The van der Waals surface area contributed by atoms with Crippen molar-refractivity contribution in [2.45, 2.75) is 12.8 Å². The van der Waals surface area contributed by atoms with Crippen molar-refractivity contribution in [2.24, 2.45) is 5.73 Å². The lowest BCUT2D eigenvalue weighted by atomic mass is 10.1. The fourth-order valence-corrected chi connectivity index (χ4v) is 1.51. The molecule has 1 atom stereocenters. The fraction of sp³-hybridized carbons (Fsp3) is 0.154. The maximum Gasteiger partial charge on any atom is 0.226 e. The van der Waals surface area contributed by atoms with Crippen LogP contribution in [-0.4, -0.2) is 15.9 Å². The highest BCUT2D eigenvalue weighted by molar-refractivity contribution is 6.30. The first-order valence-corrected chi connectivity index (χ1v) is 5.99. The third-order valence-electron chi connectivity index (χ3n) is 2.55. The van der Waals surface area contributed by atoms with Gasteiger partial charge in [-0.1, -0.05) is 11.6 Å². The Kier molecular flexibility index (Phi) is 3.97. The van der Waals surface area contributed by atoms with Gasteiger partial charge in [0.1, 0.15) is 5.75 Å². The fourth-order valence-electron chi connectivity index (χ4n) is 1.40. The molecule has 0 aliphatic heterocycles. The van der Waals surface area contributed by atoms with Crippen molar-refractivity contribution < 1.29 is 9.53 Å². The molecule has 0 saturated carbocycles. The number of aromatic nitrogens is 2. The first kappa shape index (κ1) is 13.3. The molecule has 1 unspecified atom stereocenters. The molecular weight excluding hydrogens is 266 g/mol. The molecule has 19 heavy (non-hydrogen) atoms.